The summed E-state index contributed by atoms with van der Waals surface area (Å²) in [6.45, 7) is 3.75. The SMILES string of the molecule is C#CCNC(=NCCC1C(=O)Nc2ccccc21)NCC. The number of carbonyl (C=O) groups is 1. The average molecular weight is 284 g/mol. The van der Waals surface area contributed by atoms with Crippen molar-refractivity contribution in [3.63, 3.8) is 0 Å². The Morgan fingerprint density at radius 2 is 2.24 bits per heavy atom. The summed E-state index contributed by atoms with van der Waals surface area (Å²) >= 11 is 0. The number of para-hydroxylation sites is 1. The predicted octanol–water partition coefficient (Wildman–Crippen LogP) is 1.30. The van der Waals surface area contributed by atoms with E-state index in [1.807, 2.05) is 31.2 Å². The van der Waals surface area contributed by atoms with Crippen molar-refractivity contribution in [3.8, 4) is 12.3 Å². The third kappa shape index (κ3) is 3.76. The van der Waals surface area contributed by atoms with Crippen LogP contribution < -0.4 is 16.0 Å². The molecule has 5 heteroatoms. The maximum Gasteiger partial charge on any atom is 0.232 e. The lowest BCUT2D eigenvalue weighted by atomic mass is 9.97. The third-order valence-electron chi connectivity index (χ3n) is 3.30. The predicted molar refractivity (Wildman–Crippen MR) is 85.2 cm³/mol. The Bertz CT molecular complexity index is 574. The molecule has 21 heavy (non-hydrogen) atoms. The van der Waals surface area contributed by atoms with Crippen molar-refractivity contribution in [1.29, 1.82) is 0 Å². The van der Waals surface area contributed by atoms with Gasteiger partial charge in [0.2, 0.25) is 5.91 Å². The van der Waals surface area contributed by atoms with Gasteiger partial charge in [-0.1, -0.05) is 24.1 Å². The van der Waals surface area contributed by atoms with E-state index in [0.717, 1.165) is 17.8 Å². The molecule has 1 heterocycles. The topological polar surface area (TPSA) is 65.5 Å². The zero-order valence-corrected chi connectivity index (χ0v) is 12.1. The second-order valence-electron chi connectivity index (χ2n) is 4.74. The number of anilines is 1. The number of nitrogens with one attached hydrogen (secondary N) is 3. The van der Waals surface area contributed by atoms with E-state index in [2.05, 4.69) is 26.9 Å². The van der Waals surface area contributed by atoms with Crippen LogP contribution >= 0.6 is 0 Å². The molecule has 0 spiro atoms. The first-order valence-corrected chi connectivity index (χ1v) is 7.11. The number of rotatable bonds is 5. The van der Waals surface area contributed by atoms with Crippen molar-refractivity contribution in [1.82, 2.24) is 10.6 Å². The number of guanidine groups is 1. The molecule has 1 atom stereocenters. The van der Waals surface area contributed by atoms with E-state index in [4.69, 9.17) is 6.42 Å². The fourth-order valence-electron chi connectivity index (χ4n) is 2.34. The molecule has 3 N–H and O–H groups in total. The lowest BCUT2D eigenvalue weighted by Gasteiger charge is -2.10. The van der Waals surface area contributed by atoms with Gasteiger partial charge in [-0.25, -0.2) is 0 Å². The van der Waals surface area contributed by atoms with Crippen molar-refractivity contribution in [2.24, 2.45) is 4.99 Å². The Morgan fingerprint density at radius 1 is 1.43 bits per heavy atom. The van der Waals surface area contributed by atoms with Crippen molar-refractivity contribution >= 4 is 17.6 Å². The van der Waals surface area contributed by atoms with Gasteiger partial charge in [0, 0.05) is 18.8 Å². The summed E-state index contributed by atoms with van der Waals surface area (Å²) in [5.74, 6) is 3.12. The van der Waals surface area contributed by atoms with Crippen LogP contribution in [0, 0.1) is 12.3 Å². The van der Waals surface area contributed by atoms with Crippen LogP contribution in [0.25, 0.3) is 0 Å². The molecule has 0 saturated carbocycles. The van der Waals surface area contributed by atoms with Crippen LogP contribution in [0.5, 0.6) is 0 Å². The van der Waals surface area contributed by atoms with Crippen molar-refractivity contribution < 1.29 is 4.79 Å². The van der Waals surface area contributed by atoms with Gasteiger partial charge < -0.3 is 16.0 Å². The Labute approximate surface area is 125 Å². The van der Waals surface area contributed by atoms with Crippen molar-refractivity contribution in [2.75, 3.05) is 25.0 Å². The minimum Gasteiger partial charge on any atom is -0.357 e. The average Bonchev–Trinajstić information content (AvgIpc) is 2.81. The summed E-state index contributed by atoms with van der Waals surface area (Å²) in [7, 11) is 0. The minimum absolute atomic E-state index is 0.0491. The molecule has 1 aromatic carbocycles. The van der Waals surface area contributed by atoms with Gasteiger partial charge in [0.05, 0.1) is 12.5 Å². The third-order valence-corrected chi connectivity index (χ3v) is 3.30. The summed E-state index contributed by atoms with van der Waals surface area (Å²) in [6, 6.07) is 7.79. The Kier molecular flexibility index (Phi) is 5.22. The van der Waals surface area contributed by atoms with Crippen molar-refractivity contribution in [2.45, 2.75) is 19.3 Å². The Balaban J connectivity index is 1.96. The minimum atomic E-state index is -0.125. The van der Waals surface area contributed by atoms with Crippen LogP contribution in [0.15, 0.2) is 29.3 Å². The number of fused-ring (bicyclic) bond motifs is 1. The molecule has 0 fully saturated rings. The first-order chi connectivity index (χ1) is 10.3. The smallest absolute Gasteiger partial charge is 0.232 e. The first kappa shape index (κ1) is 14.9. The van der Waals surface area contributed by atoms with Gasteiger partial charge >= 0.3 is 0 Å². The van der Waals surface area contributed by atoms with Gasteiger partial charge in [-0.05, 0) is 25.0 Å². The molecule has 0 aliphatic carbocycles. The van der Waals surface area contributed by atoms with Crippen molar-refractivity contribution in [3.05, 3.63) is 29.8 Å². The summed E-state index contributed by atoms with van der Waals surface area (Å²) in [6.07, 6.45) is 5.90. The van der Waals surface area contributed by atoms with E-state index >= 15 is 0 Å². The second kappa shape index (κ2) is 7.34. The molecular formula is C16H20N4O. The van der Waals surface area contributed by atoms with Crippen LogP contribution in [-0.4, -0.2) is 31.5 Å². The Morgan fingerprint density at radius 3 is 3.00 bits per heavy atom. The molecular weight excluding hydrogens is 264 g/mol. The monoisotopic (exact) mass is 284 g/mol. The molecule has 1 unspecified atom stereocenters. The number of carbonyl (C=O) groups excluding carboxylic acids is 1. The number of benzene rings is 1. The number of terminal acetylenes is 1. The number of hydrogen-bond acceptors (Lipinski definition) is 2. The summed E-state index contributed by atoms with van der Waals surface area (Å²) < 4.78 is 0. The largest absolute Gasteiger partial charge is 0.357 e. The maximum absolute atomic E-state index is 12.0. The molecule has 0 radical (unpaired) electrons. The molecule has 1 aliphatic rings. The standard InChI is InChI=1S/C16H20N4O/c1-3-10-18-16(17-4-2)19-11-9-13-12-7-5-6-8-14(12)20-15(13)21/h1,5-8,13H,4,9-11H2,2H3,(H,20,21)(H2,17,18,19). The molecule has 2 rings (SSSR count). The fraction of sp³-hybridized carbons (Fsp3) is 0.375. The van der Waals surface area contributed by atoms with E-state index in [-0.39, 0.29) is 11.8 Å². The highest BCUT2D eigenvalue weighted by Gasteiger charge is 2.29. The number of amides is 1. The van der Waals surface area contributed by atoms with E-state index in [9.17, 15) is 4.79 Å². The van der Waals surface area contributed by atoms with Gasteiger partial charge in [-0.3, -0.25) is 9.79 Å². The van der Waals surface area contributed by atoms with E-state index in [1.165, 1.54) is 0 Å². The number of nitrogens with zero attached hydrogens (tertiary/aromatic N) is 1. The fourth-order valence-corrected chi connectivity index (χ4v) is 2.34. The highest BCUT2D eigenvalue weighted by atomic mass is 16.2. The summed E-state index contributed by atoms with van der Waals surface area (Å²) in [5, 5.41) is 9.04. The van der Waals surface area contributed by atoms with Gasteiger partial charge in [0.1, 0.15) is 0 Å². The molecule has 5 nitrogen and oxygen atoms in total. The maximum atomic E-state index is 12.0. The van der Waals surface area contributed by atoms with Crippen LogP contribution in [0.1, 0.15) is 24.8 Å². The molecule has 0 aromatic heterocycles. The zero-order valence-electron chi connectivity index (χ0n) is 12.1. The lowest BCUT2D eigenvalue weighted by molar-refractivity contribution is -0.117. The van der Waals surface area contributed by atoms with Crippen LogP contribution in [0.2, 0.25) is 0 Å². The quantitative estimate of drug-likeness (QED) is 0.434. The molecule has 0 bridgehead atoms. The molecule has 1 amide bonds. The van der Waals surface area contributed by atoms with Gasteiger partial charge in [0.15, 0.2) is 5.96 Å². The lowest BCUT2D eigenvalue weighted by Crippen LogP contribution is -2.37. The highest BCUT2D eigenvalue weighted by molar-refractivity contribution is 6.02. The van der Waals surface area contributed by atoms with Crippen LogP contribution in [0.3, 0.4) is 0 Å². The zero-order chi connectivity index (χ0) is 15.1. The molecule has 1 aliphatic heterocycles. The van der Waals surface area contributed by atoms with Crippen LogP contribution in [0.4, 0.5) is 5.69 Å². The second-order valence-corrected chi connectivity index (χ2v) is 4.74. The van der Waals surface area contributed by atoms with Gasteiger partial charge in [-0.2, -0.15) is 0 Å². The highest BCUT2D eigenvalue weighted by Crippen LogP contribution is 2.34. The number of aliphatic imine (C=N–C) groups is 1. The van der Waals surface area contributed by atoms with E-state index < -0.39 is 0 Å². The normalized spacial score (nSPS) is 16.9. The summed E-state index contributed by atoms with van der Waals surface area (Å²) in [5.41, 5.74) is 1.97. The Hall–Kier alpha value is -2.48. The van der Waals surface area contributed by atoms with E-state index in [1.54, 1.807) is 0 Å². The van der Waals surface area contributed by atoms with Crippen LogP contribution in [-0.2, 0) is 4.79 Å². The molecule has 1 aromatic rings. The first-order valence-electron chi connectivity index (χ1n) is 7.11. The van der Waals surface area contributed by atoms with E-state index in [0.29, 0.717) is 25.5 Å². The van der Waals surface area contributed by atoms with Gasteiger partial charge in [-0.15, -0.1) is 6.42 Å². The number of hydrogen-bond donors (Lipinski definition) is 3. The molecule has 110 valence electrons. The van der Waals surface area contributed by atoms with Gasteiger partial charge in [0.25, 0.3) is 0 Å². The summed E-state index contributed by atoms with van der Waals surface area (Å²) in [4.78, 5) is 16.4. The molecule has 0 saturated heterocycles.